The molecule has 8 heteroatoms. The molecule has 0 amide bonds. The van der Waals surface area contributed by atoms with E-state index in [1.54, 1.807) is 6.20 Å². The highest BCUT2D eigenvalue weighted by Crippen LogP contribution is 2.24. The van der Waals surface area contributed by atoms with Crippen molar-refractivity contribution in [1.29, 1.82) is 0 Å². The molecule has 4 heterocycles. The minimum absolute atomic E-state index is 0.243. The number of nitrogens with one attached hydrogen (secondary N) is 1. The van der Waals surface area contributed by atoms with Crippen molar-refractivity contribution in [2.45, 2.75) is 32.6 Å². The second-order valence-electron chi connectivity index (χ2n) is 5.81. The van der Waals surface area contributed by atoms with Crippen LogP contribution in [0.25, 0.3) is 22.4 Å². The molecule has 0 fully saturated rings. The third-order valence-corrected chi connectivity index (χ3v) is 3.72. The second-order valence-corrected chi connectivity index (χ2v) is 5.81. The number of pyridine rings is 1. The molecular weight excluding hydrogens is 308 g/mol. The van der Waals surface area contributed by atoms with Gasteiger partial charge in [-0.05, 0) is 12.1 Å². The van der Waals surface area contributed by atoms with Gasteiger partial charge in [0.25, 0.3) is 0 Å². The number of fused-ring (bicyclic) bond motifs is 1. The van der Waals surface area contributed by atoms with Gasteiger partial charge in [0, 0.05) is 42.1 Å². The minimum atomic E-state index is 0.243. The van der Waals surface area contributed by atoms with Crippen molar-refractivity contribution in [2.24, 2.45) is 0 Å². The first-order valence-corrected chi connectivity index (χ1v) is 7.78. The van der Waals surface area contributed by atoms with Gasteiger partial charge < -0.3 is 14.0 Å². The normalized spacial score (nSPS) is 11.6. The lowest BCUT2D eigenvalue weighted by Crippen LogP contribution is -1.94. The predicted molar refractivity (Wildman–Crippen MR) is 85.2 cm³/mol. The third-order valence-electron chi connectivity index (χ3n) is 3.72. The summed E-state index contributed by atoms with van der Waals surface area (Å²) in [5, 5.41) is 8.97. The zero-order chi connectivity index (χ0) is 16.5. The van der Waals surface area contributed by atoms with Crippen LogP contribution in [0.5, 0.6) is 0 Å². The fourth-order valence-electron chi connectivity index (χ4n) is 2.44. The number of aromatic nitrogens is 6. The Morgan fingerprint density at radius 3 is 2.62 bits per heavy atom. The molecule has 8 nitrogen and oxygen atoms in total. The maximum atomic E-state index is 5.34. The van der Waals surface area contributed by atoms with Crippen molar-refractivity contribution >= 4 is 11.0 Å². The smallest absolute Gasteiger partial charge is 0.227 e. The van der Waals surface area contributed by atoms with E-state index in [0.29, 0.717) is 36.3 Å². The van der Waals surface area contributed by atoms with Gasteiger partial charge in [-0.2, -0.15) is 9.97 Å². The number of aromatic amines is 1. The maximum absolute atomic E-state index is 5.34. The Morgan fingerprint density at radius 2 is 1.83 bits per heavy atom. The Balaban J connectivity index is 1.51. The van der Waals surface area contributed by atoms with Gasteiger partial charge in [0.05, 0.1) is 0 Å². The number of H-pyrrole nitrogens is 1. The highest BCUT2D eigenvalue weighted by Gasteiger charge is 2.14. The van der Waals surface area contributed by atoms with Crippen LogP contribution in [-0.4, -0.2) is 30.2 Å². The molecule has 0 saturated heterocycles. The lowest BCUT2D eigenvalue weighted by molar-refractivity contribution is 0.351. The molecule has 24 heavy (non-hydrogen) atoms. The Hall–Kier alpha value is -3.03. The Morgan fingerprint density at radius 1 is 1.04 bits per heavy atom. The lowest BCUT2D eigenvalue weighted by atomic mass is 10.2. The highest BCUT2D eigenvalue weighted by molar-refractivity contribution is 5.90. The quantitative estimate of drug-likeness (QED) is 0.601. The van der Waals surface area contributed by atoms with Gasteiger partial charge in [0.2, 0.25) is 17.6 Å². The molecule has 0 unspecified atom stereocenters. The van der Waals surface area contributed by atoms with Gasteiger partial charge in [0.1, 0.15) is 5.65 Å². The van der Waals surface area contributed by atoms with Crippen LogP contribution in [0.1, 0.15) is 37.4 Å². The average Bonchev–Trinajstić information content (AvgIpc) is 3.31. The summed E-state index contributed by atoms with van der Waals surface area (Å²) in [6.07, 6.45) is 4.67. The van der Waals surface area contributed by atoms with E-state index in [4.69, 9.17) is 9.05 Å². The molecule has 0 saturated carbocycles. The van der Waals surface area contributed by atoms with E-state index in [1.165, 1.54) is 0 Å². The van der Waals surface area contributed by atoms with E-state index in [9.17, 15) is 0 Å². The molecule has 0 bridgehead atoms. The molecule has 4 aromatic heterocycles. The molecule has 0 spiro atoms. The summed E-state index contributed by atoms with van der Waals surface area (Å²) in [5.74, 6) is 2.62. The first-order valence-electron chi connectivity index (χ1n) is 7.78. The molecule has 0 aliphatic heterocycles. The van der Waals surface area contributed by atoms with Crippen molar-refractivity contribution in [3.05, 3.63) is 42.1 Å². The van der Waals surface area contributed by atoms with Gasteiger partial charge in [-0.15, -0.1) is 0 Å². The van der Waals surface area contributed by atoms with Gasteiger partial charge in [-0.3, -0.25) is 0 Å². The number of hydrogen-bond acceptors (Lipinski definition) is 7. The van der Waals surface area contributed by atoms with E-state index >= 15 is 0 Å². The molecular formula is C16H16N6O2. The van der Waals surface area contributed by atoms with Crippen LogP contribution in [0.3, 0.4) is 0 Å². The molecule has 1 N–H and O–H groups in total. The van der Waals surface area contributed by atoms with Crippen molar-refractivity contribution < 1.29 is 9.05 Å². The average molecular weight is 324 g/mol. The van der Waals surface area contributed by atoms with Crippen molar-refractivity contribution in [2.75, 3.05) is 0 Å². The summed E-state index contributed by atoms with van der Waals surface area (Å²) >= 11 is 0. The van der Waals surface area contributed by atoms with Crippen LogP contribution in [0.15, 0.2) is 33.6 Å². The Bertz CT molecular complexity index is 968. The number of hydrogen-bond donors (Lipinski definition) is 1. The van der Waals surface area contributed by atoms with E-state index in [1.807, 2.05) is 32.2 Å². The molecule has 122 valence electrons. The monoisotopic (exact) mass is 324 g/mol. The number of aryl methyl sites for hydroxylation is 2. The topological polar surface area (TPSA) is 107 Å². The van der Waals surface area contributed by atoms with E-state index in [-0.39, 0.29) is 5.92 Å². The summed E-state index contributed by atoms with van der Waals surface area (Å²) in [7, 11) is 0. The first kappa shape index (κ1) is 14.6. The molecule has 0 aromatic carbocycles. The van der Waals surface area contributed by atoms with Crippen molar-refractivity contribution in [1.82, 2.24) is 30.2 Å². The summed E-state index contributed by atoms with van der Waals surface area (Å²) in [5.41, 5.74) is 1.68. The molecule has 4 aromatic rings. The summed E-state index contributed by atoms with van der Waals surface area (Å²) in [6.45, 7) is 4.05. The Kier molecular flexibility index (Phi) is 3.56. The Labute approximate surface area is 137 Å². The van der Waals surface area contributed by atoms with Crippen LogP contribution in [0.2, 0.25) is 0 Å². The SMILES string of the molecule is CC(C)c1noc(CCc2nc(-c3ccnc4[nH]ccc34)no2)n1. The van der Waals surface area contributed by atoms with Crippen LogP contribution in [0, 0.1) is 0 Å². The zero-order valence-corrected chi connectivity index (χ0v) is 13.4. The van der Waals surface area contributed by atoms with Gasteiger partial charge in [0.15, 0.2) is 5.82 Å². The molecule has 4 rings (SSSR count). The highest BCUT2D eigenvalue weighted by atomic mass is 16.5. The lowest BCUT2D eigenvalue weighted by Gasteiger charge is -1.95. The van der Waals surface area contributed by atoms with E-state index in [0.717, 1.165) is 16.6 Å². The molecule has 0 aliphatic carbocycles. The van der Waals surface area contributed by atoms with Gasteiger partial charge in [-0.25, -0.2) is 4.98 Å². The first-order chi connectivity index (χ1) is 11.7. The maximum Gasteiger partial charge on any atom is 0.227 e. The van der Waals surface area contributed by atoms with Crippen molar-refractivity contribution in [3.63, 3.8) is 0 Å². The van der Waals surface area contributed by atoms with E-state index in [2.05, 4.69) is 30.2 Å². The molecule has 0 radical (unpaired) electrons. The fourth-order valence-corrected chi connectivity index (χ4v) is 2.44. The summed E-state index contributed by atoms with van der Waals surface area (Å²) in [4.78, 5) is 16.1. The van der Waals surface area contributed by atoms with Gasteiger partial charge >= 0.3 is 0 Å². The summed E-state index contributed by atoms with van der Waals surface area (Å²) in [6, 6.07) is 3.82. The molecule has 0 aliphatic rings. The number of rotatable bonds is 5. The fraction of sp³-hybridized carbons (Fsp3) is 0.312. The van der Waals surface area contributed by atoms with Crippen LogP contribution in [0.4, 0.5) is 0 Å². The number of nitrogens with zero attached hydrogens (tertiary/aromatic N) is 5. The largest absolute Gasteiger partial charge is 0.346 e. The van der Waals surface area contributed by atoms with Crippen LogP contribution in [-0.2, 0) is 12.8 Å². The van der Waals surface area contributed by atoms with E-state index < -0.39 is 0 Å². The minimum Gasteiger partial charge on any atom is -0.346 e. The van der Waals surface area contributed by atoms with Crippen LogP contribution >= 0.6 is 0 Å². The van der Waals surface area contributed by atoms with Gasteiger partial charge in [-0.1, -0.05) is 24.2 Å². The molecule has 0 atom stereocenters. The predicted octanol–water partition coefficient (Wildman–Crippen LogP) is 2.90. The van der Waals surface area contributed by atoms with Crippen molar-refractivity contribution in [3.8, 4) is 11.4 Å². The standard InChI is InChI=1S/C16H16N6O2/c1-9(2)14-19-12(23-21-14)3-4-13-20-16(22-24-13)11-6-8-18-15-10(11)5-7-17-15/h5-9H,3-4H2,1-2H3,(H,17,18). The second kappa shape index (κ2) is 5.88. The zero-order valence-electron chi connectivity index (χ0n) is 13.4. The summed E-state index contributed by atoms with van der Waals surface area (Å²) < 4.78 is 10.6. The third kappa shape index (κ3) is 2.66. The van der Waals surface area contributed by atoms with Crippen LogP contribution < -0.4 is 0 Å².